The lowest BCUT2D eigenvalue weighted by Gasteiger charge is -2.06. The van der Waals surface area contributed by atoms with Gasteiger partial charge in [0.25, 0.3) is 5.92 Å². The third-order valence-corrected chi connectivity index (χ3v) is 5.14. The molecule has 2 nitrogen and oxygen atoms in total. The number of alkyl halides is 2. The molecule has 0 spiro atoms. The van der Waals surface area contributed by atoms with Crippen molar-refractivity contribution in [1.29, 1.82) is 0 Å². The average molecular weight is 290 g/mol. The average Bonchev–Trinajstić information content (AvgIpc) is 3.29. The van der Waals surface area contributed by atoms with Gasteiger partial charge in [0.05, 0.1) is 18.3 Å². The summed E-state index contributed by atoms with van der Waals surface area (Å²) in [6.07, 6.45) is 3.04. The Morgan fingerprint density at radius 1 is 1.38 bits per heavy atom. The number of hydrogen-bond acceptors (Lipinski definition) is 1. The smallest absolute Gasteiger partial charge is 0.253 e. The Balaban J connectivity index is 1.61. The van der Waals surface area contributed by atoms with Crippen LogP contribution in [0.2, 0.25) is 0 Å². The molecule has 1 aromatic carbocycles. The summed E-state index contributed by atoms with van der Waals surface area (Å²) in [6.45, 7) is 4.86. The third kappa shape index (κ3) is 2.25. The van der Waals surface area contributed by atoms with Crippen molar-refractivity contribution >= 4 is 10.9 Å². The van der Waals surface area contributed by atoms with Gasteiger partial charge in [-0.05, 0) is 35.8 Å². The van der Waals surface area contributed by atoms with Gasteiger partial charge < -0.3 is 0 Å². The Hall–Kier alpha value is -1.45. The molecule has 2 saturated carbocycles. The van der Waals surface area contributed by atoms with Crippen LogP contribution in [0.4, 0.5) is 8.78 Å². The zero-order chi connectivity index (χ0) is 14.8. The highest BCUT2D eigenvalue weighted by atomic mass is 19.3. The second-order valence-electron chi connectivity index (χ2n) is 7.06. The van der Waals surface area contributed by atoms with Crippen molar-refractivity contribution in [1.82, 2.24) is 9.78 Å². The molecule has 112 valence electrons. The first-order chi connectivity index (χ1) is 9.95. The van der Waals surface area contributed by atoms with Crippen molar-refractivity contribution in [2.45, 2.75) is 45.1 Å². The predicted octanol–water partition coefficient (Wildman–Crippen LogP) is 4.45. The van der Waals surface area contributed by atoms with E-state index in [1.165, 1.54) is 12.0 Å². The largest absolute Gasteiger partial charge is 0.264 e. The quantitative estimate of drug-likeness (QED) is 0.813. The van der Waals surface area contributed by atoms with Crippen molar-refractivity contribution in [3.05, 3.63) is 30.0 Å². The number of fused-ring (bicyclic) bond motifs is 1. The van der Waals surface area contributed by atoms with Crippen LogP contribution in [0.5, 0.6) is 0 Å². The topological polar surface area (TPSA) is 17.8 Å². The van der Waals surface area contributed by atoms with Crippen molar-refractivity contribution < 1.29 is 8.78 Å². The molecular weight excluding hydrogens is 270 g/mol. The predicted molar refractivity (Wildman–Crippen MR) is 78.5 cm³/mol. The van der Waals surface area contributed by atoms with E-state index in [0.29, 0.717) is 18.4 Å². The van der Waals surface area contributed by atoms with Crippen LogP contribution < -0.4 is 0 Å². The van der Waals surface area contributed by atoms with Crippen LogP contribution in [0, 0.1) is 17.8 Å². The van der Waals surface area contributed by atoms with Gasteiger partial charge in [-0.1, -0.05) is 26.0 Å². The maximum Gasteiger partial charge on any atom is 0.253 e. The molecule has 4 rings (SSSR count). The van der Waals surface area contributed by atoms with E-state index in [0.717, 1.165) is 16.8 Å². The maximum absolute atomic E-state index is 13.1. The molecule has 1 unspecified atom stereocenters. The summed E-state index contributed by atoms with van der Waals surface area (Å²) >= 11 is 0. The molecule has 1 aromatic heterocycles. The minimum absolute atomic E-state index is 0.00604. The van der Waals surface area contributed by atoms with Crippen LogP contribution in [0.3, 0.4) is 0 Å². The summed E-state index contributed by atoms with van der Waals surface area (Å²) in [5, 5.41) is 5.35. The zero-order valence-electron chi connectivity index (χ0n) is 12.4. The second kappa shape index (κ2) is 4.28. The summed E-state index contributed by atoms with van der Waals surface area (Å²) in [5.74, 6) is -0.893. The highest BCUT2D eigenvalue weighted by Crippen LogP contribution is 2.52. The molecule has 2 aliphatic rings. The normalized spacial score (nSPS) is 30.0. The van der Waals surface area contributed by atoms with Crippen molar-refractivity contribution in [3.63, 3.8) is 0 Å². The molecule has 0 radical (unpaired) electrons. The second-order valence-corrected chi connectivity index (χ2v) is 7.06. The number of halogens is 2. The number of nitrogens with zero attached hydrogens (tertiary/aromatic N) is 2. The van der Waals surface area contributed by atoms with Crippen LogP contribution in [0.15, 0.2) is 24.4 Å². The number of aromatic nitrogens is 2. The number of hydrogen-bond donors (Lipinski definition) is 0. The fourth-order valence-corrected chi connectivity index (χ4v) is 3.47. The molecule has 21 heavy (non-hydrogen) atoms. The van der Waals surface area contributed by atoms with Crippen LogP contribution in [0.1, 0.15) is 38.2 Å². The first-order valence-electron chi connectivity index (χ1n) is 7.79. The molecule has 3 atom stereocenters. The molecule has 1 heterocycles. The van der Waals surface area contributed by atoms with Gasteiger partial charge in [-0.25, -0.2) is 8.78 Å². The molecule has 2 aliphatic carbocycles. The summed E-state index contributed by atoms with van der Waals surface area (Å²) in [6, 6.07) is 6.41. The first kappa shape index (κ1) is 13.2. The highest BCUT2D eigenvalue weighted by molar-refractivity contribution is 5.79. The molecule has 0 saturated heterocycles. The SMILES string of the molecule is CC(C)[C@H]1C[C@@H]1c1ccc2cnn(CC3CC3(F)F)c2c1. The summed E-state index contributed by atoms with van der Waals surface area (Å²) in [4.78, 5) is 0. The van der Waals surface area contributed by atoms with Crippen LogP contribution in [-0.4, -0.2) is 15.7 Å². The van der Waals surface area contributed by atoms with E-state index in [4.69, 9.17) is 0 Å². The summed E-state index contributed by atoms with van der Waals surface area (Å²) < 4.78 is 28.0. The summed E-state index contributed by atoms with van der Waals surface area (Å²) in [7, 11) is 0. The molecular formula is C17H20F2N2. The van der Waals surface area contributed by atoms with E-state index in [1.54, 1.807) is 10.9 Å². The van der Waals surface area contributed by atoms with Gasteiger partial charge in [0, 0.05) is 17.7 Å². The van der Waals surface area contributed by atoms with E-state index in [-0.39, 0.29) is 6.42 Å². The molecule has 2 aromatic rings. The molecule has 4 heteroatoms. The Kier molecular flexibility index (Phi) is 2.69. The number of rotatable bonds is 4. The van der Waals surface area contributed by atoms with Gasteiger partial charge in [-0.15, -0.1) is 0 Å². The monoisotopic (exact) mass is 290 g/mol. The standard InChI is InChI=1S/C17H20F2N2/c1-10(2)14-6-15(14)11-3-4-12-8-20-21(16(12)5-11)9-13-7-17(13,18)19/h3-5,8,10,13-15H,6-7,9H2,1-2H3/t13?,14-,15-/m1/s1. The Morgan fingerprint density at radius 3 is 2.76 bits per heavy atom. The lowest BCUT2D eigenvalue weighted by atomic mass is 10.0. The molecule has 0 bridgehead atoms. The molecule has 0 aliphatic heterocycles. The lowest BCUT2D eigenvalue weighted by Crippen LogP contribution is -2.06. The van der Waals surface area contributed by atoms with Gasteiger partial charge in [-0.3, -0.25) is 4.68 Å². The lowest BCUT2D eigenvalue weighted by molar-refractivity contribution is 0.0945. The van der Waals surface area contributed by atoms with E-state index in [2.05, 4.69) is 37.1 Å². The van der Waals surface area contributed by atoms with Crippen molar-refractivity contribution in [2.75, 3.05) is 0 Å². The Labute approximate surface area is 123 Å². The van der Waals surface area contributed by atoms with Gasteiger partial charge in [0.15, 0.2) is 0 Å². The molecule has 2 fully saturated rings. The highest BCUT2D eigenvalue weighted by Gasteiger charge is 2.56. The van der Waals surface area contributed by atoms with Gasteiger partial charge in [0.1, 0.15) is 0 Å². The van der Waals surface area contributed by atoms with Gasteiger partial charge in [0.2, 0.25) is 0 Å². The van der Waals surface area contributed by atoms with Crippen LogP contribution >= 0.6 is 0 Å². The fraction of sp³-hybridized carbons (Fsp3) is 0.588. The van der Waals surface area contributed by atoms with E-state index in [9.17, 15) is 8.78 Å². The van der Waals surface area contributed by atoms with E-state index < -0.39 is 11.8 Å². The van der Waals surface area contributed by atoms with Gasteiger partial charge >= 0.3 is 0 Å². The fourth-order valence-electron chi connectivity index (χ4n) is 3.47. The van der Waals surface area contributed by atoms with Crippen molar-refractivity contribution in [3.8, 4) is 0 Å². The summed E-state index contributed by atoms with van der Waals surface area (Å²) in [5.41, 5.74) is 2.34. The minimum atomic E-state index is -2.48. The van der Waals surface area contributed by atoms with Crippen LogP contribution in [-0.2, 0) is 6.54 Å². The third-order valence-electron chi connectivity index (χ3n) is 5.14. The van der Waals surface area contributed by atoms with Crippen molar-refractivity contribution in [2.24, 2.45) is 17.8 Å². The van der Waals surface area contributed by atoms with E-state index in [1.807, 2.05) is 0 Å². The Morgan fingerprint density at radius 2 is 2.14 bits per heavy atom. The molecule has 0 amide bonds. The first-order valence-corrected chi connectivity index (χ1v) is 7.79. The minimum Gasteiger partial charge on any atom is -0.264 e. The van der Waals surface area contributed by atoms with E-state index >= 15 is 0 Å². The maximum atomic E-state index is 13.1. The Bertz CT molecular complexity index is 689. The zero-order valence-corrected chi connectivity index (χ0v) is 12.4. The van der Waals surface area contributed by atoms with Gasteiger partial charge in [-0.2, -0.15) is 5.10 Å². The van der Waals surface area contributed by atoms with Crippen LogP contribution in [0.25, 0.3) is 10.9 Å². The number of benzene rings is 1. The molecule has 0 N–H and O–H groups in total.